The third kappa shape index (κ3) is 5.42. The highest BCUT2D eigenvalue weighted by atomic mass is 16.3. The zero-order valence-electron chi connectivity index (χ0n) is 30.6. The van der Waals surface area contributed by atoms with Crippen molar-refractivity contribution in [2.75, 3.05) is 4.90 Å². The van der Waals surface area contributed by atoms with Gasteiger partial charge in [-0.25, -0.2) is 0 Å². The molecule has 0 saturated carbocycles. The van der Waals surface area contributed by atoms with Gasteiger partial charge in [-0.15, -0.1) is 0 Å². The fraction of sp³-hybridized carbons (Fsp3) is 0. The third-order valence-electron chi connectivity index (χ3n) is 11.3. The Balaban J connectivity index is 1.02. The van der Waals surface area contributed by atoms with E-state index < -0.39 is 0 Å². The maximum Gasteiger partial charge on any atom is 0.143 e. The molecular weight excluding hydrogens is 679 g/mol. The summed E-state index contributed by atoms with van der Waals surface area (Å²) >= 11 is 0. The molecule has 0 fully saturated rings. The van der Waals surface area contributed by atoms with Crippen LogP contribution in [0.5, 0.6) is 0 Å². The summed E-state index contributed by atoms with van der Waals surface area (Å²) in [5.41, 5.74) is 12.2. The van der Waals surface area contributed by atoms with Crippen LogP contribution in [0.25, 0.3) is 87.6 Å². The van der Waals surface area contributed by atoms with E-state index in [0.29, 0.717) is 0 Å². The van der Waals surface area contributed by atoms with Crippen LogP contribution >= 0.6 is 0 Å². The minimum atomic E-state index is 0.915. The van der Waals surface area contributed by atoms with Crippen LogP contribution in [0.2, 0.25) is 0 Å². The van der Waals surface area contributed by atoms with E-state index in [9.17, 15) is 0 Å². The first-order chi connectivity index (χ1) is 27.7. The fourth-order valence-electron chi connectivity index (χ4n) is 8.45. The lowest BCUT2D eigenvalue weighted by Gasteiger charge is -2.28. The molecule has 0 aliphatic carbocycles. The highest BCUT2D eigenvalue weighted by molar-refractivity contribution is 6.15. The van der Waals surface area contributed by atoms with Crippen molar-refractivity contribution in [1.29, 1.82) is 0 Å². The second-order valence-electron chi connectivity index (χ2n) is 14.5. The maximum atomic E-state index is 6.40. The van der Waals surface area contributed by atoms with Gasteiger partial charge in [-0.05, 0) is 115 Å². The van der Waals surface area contributed by atoms with Gasteiger partial charge in [0.2, 0.25) is 0 Å². The Morgan fingerprint density at radius 1 is 0.304 bits per heavy atom. The Morgan fingerprint density at radius 3 is 1.64 bits per heavy atom. The Labute approximate surface area is 325 Å². The first-order valence-corrected chi connectivity index (χ1v) is 19.2. The molecule has 0 radical (unpaired) electrons. The second-order valence-corrected chi connectivity index (χ2v) is 14.5. The molecule has 0 bridgehead atoms. The largest absolute Gasteiger partial charge is 0.455 e. The van der Waals surface area contributed by atoms with Gasteiger partial charge in [0.05, 0.1) is 5.69 Å². The molecule has 2 nitrogen and oxygen atoms in total. The number of rotatable bonds is 6. The Morgan fingerprint density at radius 2 is 0.821 bits per heavy atom. The van der Waals surface area contributed by atoms with Crippen molar-refractivity contribution >= 4 is 71.3 Å². The summed E-state index contributed by atoms with van der Waals surface area (Å²) in [6.45, 7) is 0. The number of hydrogen-bond acceptors (Lipinski definition) is 2. The quantitative estimate of drug-likeness (QED) is 0.160. The van der Waals surface area contributed by atoms with E-state index in [1.807, 2.05) is 12.1 Å². The second kappa shape index (κ2) is 13.2. The molecule has 0 aliphatic rings. The summed E-state index contributed by atoms with van der Waals surface area (Å²) in [5.74, 6) is 0. The molecule has 0 unspecified atom stereocenters. The molecule has 1 aromatic heterocycles. The highest BCUT2D eigenvalue weighted by Crippen LogP contribution is 2.43. The Bertz CT molecular complexity index is 3230. The van der Waals surface area contributed by atoms with Crippen molar-refractivity contribution in [2.24, 2.45) is 0 Å². The van der Waals surface area contributed by atoms with Crippen LogP contribution in [0.3, 0.4) is 0 Å². The van der Waals surface area contributed by atoms with Crippen LogP contribution in [0.1, 0.15) is 0 Å². The lowest BCUT2D eigenvalue weighted by atomic mass is 9.96. The van der Waals surface area contributed by atoms with Crippen molar-refractivity contribution in [3.8, 4) is 33.4 Å². The van der Waals surface area contributed by atoms with Gasteiger partial charge in [0.25, 0.3) is 0 Å². The van der Waals surface area contributed by atoms with Gasteiger partial charge in [0, 0.05) is 33.1 Å². The fourth-order valence-corrected chi connectivity index (χ4v) is 8.45. The number of anilines is 3. The number of para-hydroxylation sites is 2. The van der Waals surface area contributed by atoms with Crippen molar-refractivity contribution in [1.82, 2.24) is 0 Å². The summed E-state index contributed by atoms with van der Waals surface area (Å²) in [5, 5.41) is 9.63. The lowest BCUT2D eigenvalue weighted by Crippen LogP contribution is -2.11. The van der Waals surface area contributed by atoms with E-state index in [-0.39, 0.29) is 0 Å². The molecule has 0 atom stereocenters. The van der Waals surface area contributed by atoms with Crippen LogP contribution in [0.15, 0.2) is 217 Å². The molecule has 262 valence electrons. The molecule has 10 aromatic carbocycles. The molecule has 0 aliphatic heterocycles. The van der Waals surface area contributed by atoms with Gasteiger partial charge in [-0.3, -0.25) is 0 Å². The van der Waals surface area contributed by atoms with Gasteiger partial charge in [0.1, 0.15) is 11.2 Å². The van der Waals surface area contributed by atoms with Crippen LogP contribution in [0.4, 0.5) is 17.1 Å². The van der Waals surface area contributed by atoms with E-state index in [1.165, 1.54) is 43.8 Å². The minimum Gasteiger partial charge on any atom is -0.455 e. The monoisotopic (exact) mass is 713 g/mol. The van der Waals surface area contributed by atoms with Gasteiger partial charge in [0.15, 0.2) is 0 Å². The van der Waals surface area contributed by atoms with Crippen molar-refractivity contribution < 1.29 is 4.42 Å². The maximum absolute atomic E-state index is 6.40. The smallest absolute Gasteiger partial charge is 0.143 e. The van der Waals surface area contributed by atoms with Crippen LogP contribution in [-0.4, -0.2) is 0 Å². The predicted octanol–water partition coefficient (Wildman–Crippen LogP) is 15.5. The van der Waals surface area contributed by atoms with Crippen LogP contribution in [-0.2, 0) is 0 Å². The van der Waals surface area contributed by atoms with Gasteiger partial charge >= 0.3 is 0 Å². The summed E-state index contributed by atoms with van der Waals surface area (Å²) in [6.07, 6.45) is 0. The molecule has 1 heterocycles. The summed E-state index contributed by atoms with van der Waals surface area (Å²) in [4.78, 5) is 2.38. The summed E-state index contributed by atoms with van der Waals surface area (Å²) < 4.78 is 6.40. The number of furan rings is 1. The van der Waals surface area contributed by atoms with Crippen molar-refractivity contribution in [2.45, 2.75) is 0 Å². The van der Waals surface area contributed by atoms with E-state index in [2.05, 4.69) is 205 Å². The molecule has 0 N–H and O–H groups in total. The van der Waals surface area contributed by atoms with E-state index in [4.69, 9.17) is 4.42 Å². The normalized spacial score (nSPS) is 11.6. The van der Waals surface area contributed by atoms with E-state index >= 15 is 0 Å². The molecule has 11 rings (SSSR count). The number of hydrogen-bond donors (Lipinski definition) is 0. The average molecular weight is 714 g/mol. The van der Waals surface area contributed by atoms with Gasteiger partial charge < -0.3 is 9.32 Å². The molecule has 0 amide bonds. The zero-order valence-corrected chi connectivity index (χ0v) is 30.6. The third-order valence-corrected chi connectivity index (χ3v) is 11.3. The molecular formula is C54H35NO. The summed E-state index contributed by atoms with van der Waals surface area (Å²) in [7, 11) is 0. The first-order valence-electron chi connectivity index (χ1n) is 19.2. The SMILES string of the molecule is c1ccc(-c2ccc(N(c3ccc(-c4ccc5c(ccc6ccccc65)c4)cc3)c3ccccc3-c3ccc4c(ccc5c6ccccc6oc45)c3)cc2)cc1. The number of nitrogens with zero attached hydrogens (tertiary/aromatic N) is 1. The summed E-state index contributed by atoms with van der Waals surface area (Å²) in [6, 6.07) is 76.5. The standard InChI is InChI=1S/C54H35NO/c1-2-10-36(11-3-1)37-20-27-44(28-21-37)55(45-29-22-38(23-30-45)40-24-31-47-41(34-40)19-18-39-12-4-5-13-46(39)47)52-16-8-6-14-48(52)42-25-32-49-43(35-42)26-33-51-50-15-7-9-17-53(50)56-54(49)51/h1-35H. The molecule has 11 aromatic rings. The highest BCUT2D eigenvalue weighted by Gasteiger charge is 2.19. The Kier molecular flexibility index (Phi) is 7.53. The van der Waals surface area contributed by atoms with Crippen molar-refractivity contribution in [3.63, 3.8) is 0 Å². The minimum absolute atomic E-state index is 0.915. The topological polar surface area (TPSA) is 16.4 Å². The molecule has 56 heavy (non-hydrogen) atoms. The molecule has 0 spiro atoms. The predicted molar refractivity (Wildman–Crippen MR) is 237 cm³/mol. The van der Waals surface area contributed by atoms with Crippen molar-refractivity contribution in [3.05, 3.63) is 212 Å². The average Bonchev–Trinajstić information content (AvgIpc) is 3.66. The van der Waals surface area contributed by atoms with E-state index in [1.54, 1.807) is 0 Å². The molecule has 0 saturated heterocycles. The first kappa shape index (κ1) is 32.0. The van der Waals surface area contributed by atoms with Gasteiger partial charge in [-0.1, -0.05) is 152 Å². The van der Waals surface area contributed by atoms with E-state index in [0.717, 1.165) is 60.9 Å². The Hall–Kier alpha value is -7.42. The molecule has 2 heteroatoms. The zero-order chi connectivity index (χ0) is 37.0. The van der Waals surface area contributed by atoms with Gasteiger partial charge in [-0.2, -0.15) is 0 Å². The number of fused-ring (bicyclic) bond motifs is 8. The van der Waals surface area contributed by atoms with Crippen LogP contribution < -0.4 is 4.90 Å². The van der Waals surface area contributed by atoms with Crippen LogP contribution in [0, 0.1) is 0 Å². The lowest BCUT2D eigenvalue weighted by molar-refractivity contribution is 0.672. The number of benzene rings is 10.